The van der Waals surface area contributed by atoms with Gasteiger partial charge in [0.2, 0.25) is 0 Å². The molecule has 0 spiro atoms. The van der Waals surface area contributed by atoms with Crippen LogP contribution in [-0.4, -0.2) is 61.1 Å². The molecule has 1 aromatic heterocycles. The largest absolute Gasteiger partial charge is 0.481 e. The standard InChI is InChI=1S/C27H30N4O4/c1-3-26(33)35-31-24-9-4-6-20(27(24)34-18-25(31)32)12-13-29-14-16-30(17-15-29)23-8-5-7-22-21(23)11-10-19(2)28-22/h4-11H,3,12-18H2,1-2H3. The van der Waals surface area contributed by atoms with Crippen LogP contribution in [0, 0.1) is 6.92 Å². The lowest BCUT2D eigenvalue weighted by Gasteiger charge is -2.36. The van der Waals surface area contributed by atoms with Crippen molar-refractivity contribution in [2.75, 3.05) is 49.3 Å². The van der Waals surface area contributed by atoms with Gasteiger partial charge in [-0.25, -0.2) is 4.79 Å². The normalized spacial score (nSPS) is 16.2. The Kier molecular flexibility index (Phi) is 6.55. The summed E-state index contributed by atoms with van der Waals surface area (Å²) in [6.45, 7) is 8.28. The monoisotopic (exact) mass is 474 g/mol. The molecule has 182 valence electrons. The van der Waals surface area contributed by atoms with Crippen molar-refractivity contribution in [1.82, 2.24) is 9.88 Å². The van der Waals surface area contributed by atoms with Crippen molar-refractivity contribution in [1.29, 1.82) is 0 Å². The van der Waals surface area contributed by atoms with Crippen LogP contribution in [-0.2, 0) is 20.8 Å². The fourth-order valence-electron chi connectivity index (χ4n) is 4.70. The number of aromatic nitrogens is 1. The summed E-state index contributed by atoms with van der Waals surface area (Å²) in [6.07, 6.45) is 0.977. The predicted molar refractivity (Wildman–Crippen MR) is 135 cm³/mol. The summed E-state index contributed by atoms with van der Waals surface area (Å²) in [7, 11) is 0. The Labute approximate surface area is 205 Å². The number of rotatable bonds is 6. The topological polar surface area (TPSA) is 75.2 Å². The number of benzene rings is 2. The number of hydrogen-bond acceptors (Lipinski definition) is 7. The average Bonchev–Trinajstić information content (AvgIpc) is 2.88. The van der Waals surface area contributed by atoms with Crippen LogP contribution >= 0.6 is 0 Å². The van der Waals surface area contributed by atoms with Gasteiger partial charge in [0.15, 0.2) is 12.4 Å². The molecule has 5 rings (SSSR count). The molecule has 1 saturated heterocycles. The van der Waals surface area contributed by atoms with Crippen LogP contribution in [0.5, 0.6) is 5.75 Å². The van der Waals surface area contributed by atoms with Crippen LogP contribution in [0.25, 0.3) is 10.9 Å². The van der Waals surface area contributed by atoms with Crippen molar-refractivity contribution in [2.24, 2.45) is 0 Å². The summed E-state index contributed by atoms with van der Waals surface area (Å²) in [5.74, 6) is -0.217. The highest BCUT2D eigenvalue weighted by Gasteiger charge is 2.30. The molecule has 2 aliphatic heterocycles. The maximum atomic E-state index is 12.3. The summed E-state index contributed by atoms with van der Waals surface area (Å²) >= 11 is 0. The number of carbonyl (C=O) groups excluding carboxylic acids is 2. The number of aryl methyl sites for hydroxylation is 1. The molecule has 8 nitrogen and oxygen atoms in total. The van der Waals surface area contributed by atoms with Crippen molar-refractivity contribution >= 4 is 34.2 Å². The average molecular weight is 475 g/mol. The number of nitrogens with zero attached hydrogens (tertiary/aromatic N) is 4. The maximum absolute atomic E-state index is 12.3. The first-order valence-electron chi connectivity index (χ1n) is 12.2. The Morgan fingerprint density at radius 2 is 1.80 bits per heavy atom. The van der Waals surface area contributed by atoms with Crippen molar-refractivity contribution in [3.8, 4) is 5.75 Å². The molecule has 2 aromatic carbocycles. The molecule has 0 aliphatic carbocycles. The van der Waals surface area contributed by atoms with Gasteiger partial charge in [-0.05, 0) is 49.2 Å². The Hall–Kier alpha value is -3.65. The molecule has 1 amide bonds. The highest BCUT2D eigenvalue weighted by Crippen LogP contribution is 2.36. The number of anilines is 2. The van der Waals surface area contributed by atoms with E-state index in [1.165, 1.54) is 11.1 Å². The molecule has 2 aliphatic rings. The van der Waals surface area contributed by atoms with Gasteiger partial charge in [0.05, 0.1) is 5.52 Å². The van der Waals surface area contributed by atoms with Crippen LogP contribution in [0.2, 0.25) is 0 Å². The number of hydrogen-bond donors (Lipinski definition) is 0. The zero-order chi connectivity index (χ0) is 24.4. The minimum atomic E-state index is -0.452. The number of piperazine rings is 1. The highest BCUT2D eigenvalue weighted by molar-refractivity contribution is 5.98. The van der Waals surface area contributed by atoms with Crippen LogP contribution < -0.4 is 14.7 Å². The minimum absolute atomic E-state index is 0.140. The van der Waals surface area contributed by atoms with Gasteiger partial charge in [-0.2, -0.15) is 0 Å². The molecular formula is C27H30N4O4. The lowest BCUT2D eigenvalue weighted by atomic mass is 10.1. The first kappa shape index (κ1) is 23.1. The molecular weight excluding hydrogens is 444 g/mol. The number of ether oxygens (including phenoxy) is 1. The van der Waals surface area contributed by atoms with Gasteiger partial charge in [0, 0.05) is 55.9 Å². The maximum Gasteiger partial charge on any atom is 0.332 e. The van der Waals surface area contributed by atoms with Crippen LogP contribution in [0.1, 0.15) is 24.6 Å². The van der Waals surface area contributed by atoms with Gasteiger partial charge < -0.3 is 14.5 Å². The zero-order valence-corrected chi connectivity index (χ0v) is 20.2. The minimum Gasteiger partial charge on any atom is -0.481 e. The van der Waals surface area contributed by atoms with E-state index in [0.29, 0.717) is 11.4 Å². The fourth-order valence-corrected chi connectivity index (χ4v) is 4.70. The third-order valence-electron chi connectivity index (χ3n) is 6.60. The van der Waals surface area contributed by atoms with Gasteiger partial charge in [-0.1, -0.05) is 25.1 Å². The molecule has 0 atom stereocenters. The van der Waals surface area contributed by atoms with E-state index in [2.05, 4.69) is 45.1 Å². The number of para-hydroxylation sites is 1. The smallest absolute Gasteiger partial charge is 0.332 e. The summed E-state index contributed by atoms with van der Waals surface area (Å²) in [5.41, 5.74) is 4.81. The van der Waals surface area contributed by atoms with Crippen LogP contribution in [0.15, 0.2) is 48.5 Å². The van der Waals surface area contributed by atoms with Crippen molar-refractivity contribution in [2.45, 2.75) is 26.7 Å². The number of fused-ring (bicyclic) bond motifs is 2. The molecule has 8 heteroatoms. The van der Waals surface area contributed by atoms with Crippen LogP contribution in [0.3, 0.4) is 0 Å². The molecule has 3 heterocycles. The van der Waals surface area contributed by atoms with E-state index in [1.807, 2.05) is 19.1 Å². The number of pyridine rings is 1. The molecule has 0 saturated carbocycles. The summed E-state index contributed by atoms with van der Waals surface area (Å²) in [6, 6.07) is 16.2. The van der Waals surface area contributed by atoms with E-state index >= 15 is 0 Å². The number of hydroxylamine groups is 1. The Balaban J connectivity index is 1.23. The Bertz CT molecular complexity index is 1250. The quantitative estimate of drug-likeness (QED) is 0.541. The third kappa shape index (κ3) is 4.79. The molecule has 1 fully saturated rings. The van der Waals surface area contributed by atoms with Gasteiger partial charge in [0.25, 0.3) is 5.91 Å². The number of carbonyl (C=O) groups is 2. The Morgan fingerprint density at radius 3 is 2.60 bits per heavy atom. The summed E-state index contributed by atoms with van der Waals surface area (Å²) < 4.78 is 5.76. The molecule has 35 heavy (non-hydrogen) atoms. The summed E-state index contributed by atoms with van der Waals surface area (Å²) in [5, 5.41) is 2.27. The second-order valence-electron chi connectivity index (χ2n) is 8.93. The first-order chi connectivity index (χ1) is 17.0. The van der Waals surface area contributed by atoms with Gasteiger partial charge in [-0.3, -0.25) is 14.7 Å². The second-order valence-corrected chi connectivity index (χ2v) is 8.93. The van der Waals surface area contributed by atoms with Gasteiger partial charge in [0.1, 0.15) is 5.69 Å². The van der Waals surface area contributed by atoms with E-state index in [9.17, 15) is 9.59 Å². The second kappa shape index (κ2) is 9.92. The summed E-state index contributed by atoms with van der Waals surface area (Å²) in [4.78, 5) is 38.9. The Morgan fingerprint density at radius 1 is 1.03 bits per heavy atom. The molecule has 0 radical (unpaired) electrons. The first-order valence-corrected chi connectivity index (χ1v) is 12.2. The molecule has 0 N–H and O–H groups in total. The zero-order valence-electron chi connectivity index (χ0n) is 20.2. The predicted octanol–water partition coefficient (Wildman–Crippen LogP) is 3.50. The van der Waals surface area contributed by atoms with Crippen molar-refractivity contribution in [3.05, 3.63) is 59.8 Å². The van der Waals surface area contributed by atoms with Crippen molar-refractivity contribution < 1.29 is 19.2 Å². The lowest BCUT2D eigenvalue weighted by molar-refractivity contribution is -0.151. The van der Waals surface area contributed by atoms with Crippen molar-refractivity contribution in [3.63, 3.8) is 0 Å². The SMILES string of the molecule is CCC(=O)ON1C(=O)COc2c(CCN3CCN(c4cccc5nc(C)ccc45)CC3)cccc21. The molecule has 0 bridgehead atoms. The van der Waals surface area contributed by atoms with E-state index in [4.69, 9.17) is 9.57 Å². The van der Waals surface area contributed by atoms with E-state index in [1.54, 1.807) is 13.0 Å². The molecule has 0 unspecified atom stereocenters. The van der Waals surface area contributed by atoms with Gasteiger partial charge >= 0.3 is 5.97 Å². The van der Waals surface area contributed by atoms with E-state index in [0.717, 1.165) is 61.0 Å². The lowest BCUT2D eigenvalue weighted by Crippen LogP contribution is -2.47. The van der Waals surface area contributed by atoms with Crippen LogP contribution in [0.4, 0.5) is 11.4 Å². The van der Waals surface area contributed by atoms with Gasteiger partial charge in [-0.15, -0.1) is 5.06 Å². The van der Waals surface area contributed by atoms with E-state index < -0.39 is 5.97 Å². The number of amides is 1. The highest BCUT2D eigenvalue weighted by atomic mass is 16.7. The fraction of sp³-hybridized carbons (Fsp3) is 0.370. The molecule has 3 aromatic rings. The third-order valence-corrected chi connectivity index (χ3v) is 6.60. The van der Waals surface area contributed by atoms with E-state index in [-0.39, 0.29) is 18.9 Å².